The van der Waals surface area contributed by atoms with Crippen LogP contribution in [0.2, 0.25) is 5.02 Å². The smallest absolute Gasteiger partial charge is 0.417 e. The molecule has 1 fully saturated rings. The van der Waals surface area contributed by atoms with E-state index < -0.39 is 31.7 Å². The Morgan fingerprint density at radius 3 is 2.36 bits per heavy atom. The summed E-state index contributed by atoms with van der Waals surface area (Å²) in [6.07, 6.45) is -4.74. The first-order valence-electron chi connectivity index (χ1n) is 10.2. The van der Waals surface area contributed by atoms with Gasteiger partial charge in [0.1, 0.15) is 5.76 Å². The van der Waals surface area contributed by atoms with Crippen LogP contribution in [0.25, 0.3) is 11.5 Å². The lowest BCUT2D eigenvalue weighted by Gasteiger charge is -2.33. The van der Waals surface area contributed by atoms with Crippen LogP contribution in [0, 0.1) is 6.92 Å². The fourth-order valence-electron chi connectivity index (χ4n) is 3.65. The Morgan fingerprint density at radius 2 is 1.73 bits per heavy atom. The van der Waals surface area contributed by atoms with Gasteiger partial charge in [0.15, 0.2) is 0 Å². The van der Waals surface area contributed by atoms with Crippen LogP contribution in [0.1, 0.15) is 17.0 Å². The van der Waals surface area contributed by atoms with Gasteiger partial charge in [0.2, 0.25) is 15.9 Å². The second kappa shape index (κ2) is 9.09. The van der Waals surface area contributed by atoms with E-state index in [2.05, 4.69) is 4.98 Å². The van der Waals surface area contributed by atoms with Gasteiger partial charge in [0, 0.05) is 38.3 Å². The van der Waals surface area contributed by atoms with E-state index in [1.807, 2.05) is 42.2 Å². The van der Waals surface area contributed by atoms with E-state index in [4.69, 9.17) is 16.0 Å². The number of piperazine rings is 1. The number of hydrogen-bond acceptors (Lipinski definition) is 5. The minimum absolute atomic E-state index is 0.148. The highest BCUT2D eigenvalue weighted by atomic mass is 35.5. The molecule has 0 bridgehead atoms. The second-order valence-electron chi connectivity index (χ2n) is 7.71. The highest BCUT2D eigenvalue weighted by molar-refractivity contribution is 7.89. The predicted molar refractivity (Wildman–Crippen MR) is 117 cm³/mol. The Labute approximate surface area is 194 Å². The maximum atomic E-state index is 13.1. The summed E-state index contributed by atoms with van der Waals surface area (Å²) in [7, 11) is -4.08. The van der Waals surface area contributed by atoms with Gasteiger partial charge in [-0.2, -0.15) is 17.5 Å². The average Bonchev–Trinajstić information content (AvgIpc) is 3.14. The number of hydrogen-bond donors (Lipinski definition) is 0. The van der Waals surface area contributed by atoms with Gasteiger partial charge in [0.25, 0.3) is 0 Å². The molecule has 0 spiro atoms. The fraction of sp³-hybridized carbons (Fsp3) is 0.318. The van der Waals surface area contributed by atoms with Crippen molar-refractivity contribution in [2.75, 3.05) is 26.2 Å². The van der Waals surface area contributed by atoms with Crippen LogP contribution in [0.4, 0.5) is 13.2 Å². The molecular weight excluding hydrogens is 479 g/mol. The molecular formula is C22H21ClF3N3O3S. The van der Waals surface area contributed by atoms with E-state index >= 15 is 0 Å². The molecule has 33 heavy (non-hydrogen) atoms. The van der Waals surface area contributed by atoms with Gasteiger partial charge in [-0.15, -0.1) is 0 Å². The molecule has 0 unspecified atom stereocenters. The van der Waals surface area contributed by atoms with Crippen molar-refractivity contribution in [3.63, 3.8) is 0 Å². The quantitative estimate of drug-likeness (QED) is 0.503. The zero-order chi connectivity index (χ0) is 23.8. The summed E-state index contributed by atoms with van der Waals surface area (Å²) in [6, 6.07) is 12.2. The molecule has 2 aromatic carbocycles. The summed E-state index contributed by atoms with van der Waals surface area (Å²) >= 11 is 5.62. The molecule has 1 saturated heterocycles. The number of halogens is 4. The minimum atomic E-state index is -4.74. The summed E-state index contributed by atoms with van der Waals surface area (Å²) in [5.41, 5.74) is 0.459. The maximum Gasteiger partial charge on any atom is 0.417 e. The van der Waals surface area contributed by atoms with Crippen LogP contribution >= 0.6 is 11.6 Å². The van der Waals surface area contributed by atoms with Crippen molar-refractivity contribution >= 4 is 21.6 Å². The van der Waals surface area contributed by atoms with Crippen molar-refractivity contribution in [1.29, 1.82) is 0 Å². The normalized spacial score (nSPS) is 16.3. The largest absolute Gasteiger partial charge is 0.441 e. The monoisotopic (exact) mass is 499 g/mol. The standard InChI is InChI=1S/C22H21ClF3N3O3S/c1-15-20(27-21(32-15)16-5-3-2-4-6-16)14-28-9-11-29(12-10-28)33(30,31)17-7-8-19(23)18(13-17)22(24,25)26/h2-8,13H,9-12,14H2,1H3. The van der Waals surface area contributed by atoms with Gasteiger partial charge in [-0.1, -0.05) is 29.8 Å². The molecule has 0 saturated carbocycles. The molecule has 1 aliphatic rings. The van der Waals surface area contributed by atoms with Crippen LogP contribution < -0.4 is 0 Å². The molecule has 1 aliphatic heterocycles. The summed E-state index contributed by atoms with van der Waals surface area (Å²) in [5, 5.41) is -0.538. The number of aromatic nitrogens is 1. The number of benzene rings is 2. The Balaban J connectivity index is 1.44. The van der Waals surface area contributed by atoms with Crippen LogP contribution in [-0.4, -0.2) is 48.8 Å². The Morgan fingerprint density at radius 1 is 1.06 bits per heavy atom. The van der Waals surface area contributed by atoms with Gasteiger partial charge in [-0.25, -0.2) is 13.4 Å². The third-order valence-corrected chi connectivity index (χ3v) is 7.72. The van der Waals surface area contributed by atoms with E-state index in [1.54, 1.807) is 0 Å². The third-order valence-electron chi connectivity index (χ3n) is 5.50. The van der Waals surface area contributed by atoms with E-state index in [0.717, 1.165) is 23.4 Å². The van der Waals surface area contributed by atoms with Crippen LogP contribution in [0.15, 0.2) is 57.8 Å². The predicted octanol–water partition coefficient (Wildman–Crippen LogP) is 4.83. The van der Waals surface area contributed by atoms with Crippen molar-refractivity contribution in [3.8, 4) is 11.5 Å². The third kappa shape index (κ3) is 5.08. The van der Waals surface area contributed by atoms with E-state index in [-0.39, 0.29) is 13.1 Å². The van der Waals surface area contributed by atoms with Gasteiger partial charge >= 0.3 is 6.18 Å². The summed E-state index contributed by atoms with van der Waals surface area (Å²) in [4.78, 5) is 6.18. The van der Waals surface area contributed by atoms with Crippen molar-refractivity contribution in [2.24, 2.45) is 0 Å². The minimum Gasteiger partial charge on any atom is -0.441 e. The molecule has 4 rings (SSSR count). The first-order valence-corrected chi connectivity index (χ1v) is 12.0. The summed E-state index contributed by atoms with van der Waals surface area (Å²) in [6.45, 7) is 3.42. The molecule has 0 atom stereocenters. The maximum absolute atomic E-state index is 13.1. The van der Waals surface area contributed by atoms with E-state index in [9.17, 15) is 21.6 Å². The molecule has 0 aliphatic carbocycles. The van der Waals surface area contributed by atoms with Gasteiger partial charge < -0.3 is 4.42 Å². The lowest BCUT2D eigenvalue weighted by molar-refractivity contribution is -0.137. The summed E-state index contributed by atoms with van der Waals surface area (Å²) in [5.74, 6) is 1.21. The molecule has 1 aromatic heterocycles. The molecule has 2 heterocycles. The molecule has 0 amide bonds. The topological polar surface area (TPSA) is 66.7 Å². The highest BCUT2D eigenvalue weighted by Crippen LogP contribution is 2.36. The molecule has 0 N–H and O–H groups in total. The SMILES string of the molecule is Cc1oc(-c2ccccc2)nc1CN1CCN(S(=O)(=O)c2ccc(Cl)c(C(F)(F)F)c2)CC1. The zero-order valence-electron chi connectivity index (χ0n) is 17.6. The number of alkyl halides is 3. The Hall–Kier alpha value is -2.40. The molecule has 3 aromatic rings. The molecule has 11 heteroatoms. The first kappa shape index (κ1) is 23.7. The lowest BCUT2D eigenvalue weighted by Crippen LogP contribution is -2.48. The van der Waals surface area contributed by atoms with Gasteiger partial charge in [0.05, 0.1) is 21.2 Å². The molecule has 0 radical (unpaired) electrons. The van der Waals surface area contributed by atoms with Crippen molar-refractivity contribution in [2.45, 2.75) is 24.5 Å². The lowest BCUT2D eigenvalue weighted by atomic mass is 10.2. The number of oxazole rings is 1. The number of rotatable bonds is 5. The summed E-state index contributed by atoms with van der Waals surface area (Å²) < 4.78 is 72.3. The zero-order valence-corrected chi connectivity index (χ0v) is 19.2. The van der Waals surface area contributed by atoms with E-state index in [1.165, 1.54) is 4.31 Å². The number of aryl methyl sites for hydroxylation is 1. The number of nitrogens with zero attached hydrogens (tertiary/aromatic N) is 3. The highest BCUT2D eigenvalue weighted by Gasteiger charge is 2.36. The van der Waals surface area contributed by atoms with Crippen molar-refractivity contribution < 1.29 is 26.0 Å². The fourth-order valence-corrected chi connectivity index (χ4v) is 5.32. The molecule has 6 nitrogen and oxygen atoms in total. The van der Waals surface area contributed by atoms with E-state index in [0.29, 0.717) is 37.4 Å². The first-order chi connectivity index (χ1) is 15.6. The average molecular weight is 500 g/mol. The van der Waals surface area contributed by atoms with Crippen LogP contribution in [-0.2, 0) is 22.7 Å². The van der Waals surface area contributed by atoms with Crippen LogP contribution in [0.5, 0.6) is 0 Å². The van der Waals surface area contributed by atoms with Crippen LogP contribution in [0.3, 0.4) is 0 Å². The van der Waals surface area contributed by atoms with Crippen molar-refractivity contribution in [3.05, 3.63) is 70.6 Å². The Kier molecular flexibility index (Phi) is 6.54. The molecule has 176 valence electrons. The van der Waals surface area contributed by atoms with Gasteiger partial charge in [-0.05, 0) is 37.3 Å². The Bertz CT molecular complexity index is 1240. The van der Waals surface area contributed by atoms with Crippen molar-refractivity contribution in [1.82, 2.24) is 14.2 Å². The number of sulfonamides is 1. The van der Waals surface area contributed by atoms with Gasteiger partial charge in [-0.3, -0.25) is 4.90 Å². The second-order valence-corrected chi connectivity index (χ2v) is 10.1.